The molecule has 0 unspecified atom stereocenters. The van der Waals surface area contributed by atoms with E-state index in [4.69, 9.17) is 14.6 Å². The zero-order chi connectivity index (χ0) is 14.9. The molecule has 6 nitrogen and oxygen atoms in total. The summed E-state index contributed by atoms with van der Waals surface area (Å²) in [6.07, 6.45) is 0. The van der Waals surface area contributed by atoms with Crippen molar-refractivity contribution in [2.24, 2.45) is 7.05 Å². The van der Waals surface area contributed by atoms with Gasteiger partial charge in [-0.1, -0.05) is 0 Å². The van der Waals surface area contributed by atoms with E-state index in [0.29, 0.717) is 17.2 Å². The van der Waals surface area contributed by atoms with Crippen LogP contribution in [0.25, 0.3) is 11.3 Å². The van der Waals surface area contributed by atoms with Crippen molar-refractivity contribution in [1.82, 2.24) is 9.78 Å². The lowest BCUT2D eigenvalue weighted by Gasteiger charge is -2.13. The molecule has 6 heteroatoms. The first-order chi connectivity index (χ1) is 9.47. The number of aromatic nitrogens is 2. The van der Waals surface area contributed by atoms with Crippen LogP contribution in [0, 0.1) is 6.92 Å². The Morgan fingerprint density at radius 1 is 1.25 bits per heavy atom. The third-order valence-corrected chi connectivity index (χ3v) is 3.06. The van der Waals surface area contributed by atoms with Crippen LogP contribution >= 0.6 is 0 Å². The molecule has 0 aliphatic carbocycles. The number of hydrogen-bond donors (Lipinski definition) is 1. The molecule has 0 spiro atoms. The molecule has 0 saturated carbocycles. The molecule has 0 aliphatic rings. The Morgan fingerprint density at radius 2 is 1.95 bits per heavy atom. The molecule has 1 N–H and O–H groups in total. The molecule has 0 saturated heterocycles. The Balaban J connectivity index is 2.67. The maximum atomic E-state index is 11.0. The van der Waals surface area contributed by atoms with Gasteiger partial charge in [-0.3, -0.25) is 4.68 Å². The zero-order valence-corrected chi connectivity index (χ0v) is 11.8. The van der Waals surface area contributed by atoms with E-state index in [9.17, 15) is 4.79 Å². The van der Waals surface area contributed by atoms with Crippen molar-refractivity contribution in [2.45, 2.75) is 6.92 Å². The van der Waals surface area contributed by atoms with Crippen molar-refractivity contribution < 1.29 is 19.4 Å². The van der Waals surface area contributed by atoms with Crippen LogP contribution in [0.1, 0.15) is 16.1 Å². The summed E-state index contributed by atoms with van der Waals surface area (Å²) >= 11 is 0. The number of carboxylic acid groups (broad SMARTS) is 1. The van der Waals surface area contributed by atoms with Crippen LogP contribution in [0.15, 0.2) is 18.2 Å². The number of ether oxygens (including phenoxy) is 2. The molecular formula is C14H16N2O4. The first-order valence-corrected chi connectivity index (χ1v) is 5.98. The van der Waals surface area contributed by atoms with E-state index in [1.54, 1.807) is 27.3 Å². The fourth-order valence-corrected chi connectivity index (χ4v) is 2.14. The number of aromatic carboxylic acids is 1. The van der Waals surface area contributed by atoms with Crippen LogP contribution in [0.3, 0.4) is 0 Å². The number of aryl methyl sites for hydroxylation is 2. The average Bonchev–Trinajstić information content (AvgIpc) is 2.80. The number of carbonyl (C=O) groups is 1. The molecule has 106 valence electrons. The fourth-order valence-electron chi connectivity index (χ4n) is 2.14. The maximum absolute atomic E-state index is 11.0. The summed E-state index contributed by atoms with van der Waals surface area (Å²) in [5.41, 5.74) is 2.29. The van der Waals surface area contributed by atoms with Crippen molar-refractivity contribution in [3.8, 4) is 22.8 Å². The number of rotatable bonds is 4. The van der Waals surface area contributed by atoms with Gasteiger partial charge in [0.15, 0.2) is 5.69 Å². The van der Waals surface area contributed by atoms with Gasteiger partial charge in [0, 0.05) is 12.6 Å². The molecule has 1 aromatic carbocycles. The van der Waals surface area contributed by atoms with Crippen LogP contribution in [0.2, 0.25) is 0 Å². The first kappa shape index (κ1) is 13.9. The van der Waals surface area contributed by atoms with Crippen molar-refractivity contribution in [2.75, 3.05) is 14.2 Å². The third kappa shape index (κ3) is 2.32. The average molecular weight is 276 g/mol. The molecular weight excluding hydrogens is 260 g/mol. The van der Waals surface area contributed by atoms with Gasteiger partial charge in [0.1, 0.15) is 11.5 Å². The fraction of sp³-hybridized carbons (Fsp3) is 0.286. The molecule has 2 rings (SSSR count). The van der Waals surface area contributed by atoms with Crippen LogP contribution in [0.4, 0.5) is 0 Å². The van der Waals surface area contributed by atoms with Gasteiger partial charge in [-0.05, 0) is 30.7 Å². The third-order valence-electron chi connectivity index (χ3n) is 3.06. The Morgan fingerprint density at radius 3 is 2.45 bits per heavy atom. The predicted octanol–water partition coefficient (Wildman–Crippen LogP) is 2.11. The van der Waals surface area contributed by atoms with Gasteiger partial charge in [-0.15, -0.1) is 0 Å². The summed E-state index contributed by atoms with van der Waals surface area (Å²) in [5.74, 6) is 0.285. The maximum Gasteiger partial charge on any atom is 0.356 e. The highest BCUT2D eigenvalue weighted by Gasteiger charge is 2.18. The number of carboxylic acids is 1. The SMILES string of the molecule is COc1cc(C)c(OC)c(-c2cc(C(=O)O)nn2C)c1. The van der Waals surface area contributed by atoms with E-state index in [1.807, 2.05) is 13.0 Å². The van der Waals surface area contributed by atoms with Gasteiger partial charge in [0.25, 0.3) is 0 Å². The molecule has 0 amide bonds. The van der Waals surface area contributed by atoms with Crippen LogP contribution in [-0.2, 0) is 7.05 Å². The standard InChI is InChI=1S/C14H16N2O4/c1-8-5-9(19-3)6-10(13(8)20-4)12-7-11(14(17)18)15-16(12)2/h5-7H,1-4H3,(H,17,18). The Hall–Kier alpha value is -2.50. The number of hydrogen-bond acceptors (Lipinski definition) is 4. The molecule has 2 aromatic rings. The largest absolute Gasteiger partial charge is 0.497 e. The molecule has 0 fully saturated rings. The number of methoxy groups -OCH3 is 2. The second-order valence-electron chi connectivity index (χ2n) is 4.37. The Kier molecular flexibility index (Phi) is 3.65. The molecule has 1 aromatic heterocycles. The highest BCUT2D eigenvalue weighted by atomic mass is 16.5. The smallest absolute Gasteiger partial charge is 0.356 e. The van der Waals surface area contributed by atoms with Crippen LogP contribution in [-0.4, -0.2) is 35.1 Å². The van der Waals surface area contributed by atoms with Crippen molar-refractivity contribution in [3.63, 3.8) is 0 Å². The summed E-state index contributed by atoms with van der Waals surface area (Å²) in [7, 11) is 4.85. The van der Waals surface area contributed by atoms with E-state index in [1.165, 1.54) is 10.7 Å². The van der Waals surface area contributed by atoms with E-state index in [-0.39, 0.29) is 5.69 Å². The lowest BCUT2D eigenvalue weighted by Crippen LogP contribution is -2.00. The lowest BCUT2D eigenvalue weighted by molar-refractivity contribution is 0.0689. The van der Waals surface area contributed by atoms with E-state index in [0.717, 1.165) is 11.1 Å². The number of benzene rings is 1. The van der Waals surface area contributed by atoms with Crippen molar-refractivity contribution in [1.29, 1.82) is 0 Å². The van der Waals surface area contributed by atoms with E-state index < -0.39 is 5.97 Å². The minimum atomic E-state index is -1.06. The van der Waals surface area contributed by atoms with E-state index >= 15 is 0 Å². The Labute approximate surface area is 116 Å². The quantitative estimate of drug-likeness (QED) is 0.925. The summed E-state index contributed by atoms with van der Waals surface area (Å²) < 4.78 is 12.2. The zero-order valence-electron chi connectivity index (χ0n) is 11.8. The summed E-state index contributed by atoms with van der Waals surface area (Å²) in [6.45, 7) is 1.90. The first-order valence-electron chi connectivity index (χ1n) is 5.98. The minimum absolute atomic E-state index is 0.00924. The van der Waals surface area contributed by atoms with E-state index in [2.05, 4.69) is 5.10 Å². The van der Waals surface area contributed by atoms with Gasteiger partial charge in [-0.25, -0.2) is 4.79 Å². The second kappa shape index (κ2) is 5.24. The highest BCUT2D eigenvalue weighted by molar-refractivity contribution is 5.87. The summed E-state index contributed by atoms with van der Waals surface area (Å²) in [4.78, 5) is 11.0. The predicted molar refractivity (Wildman–Crippen MR) is 73.4 cm³/mol. The molecule has 0 bridgehead atoms. The lowest BCUT2D eigenvalue weighted by atomic mass is 10.1. The van der Waals surface area contributed by atoms with Gasteiger partial charge in [0.2, 0.25) is 0 Å². The molecule has 0 aliphatic heterocycles. The molecule has 0 radical (unpaired) electrons. The number of nitrogens with zero attached hydrogens (tertiary/aromatic N) is 2. The van der Waals surface area contributed by atoms with Crippen molar-refractivity contribution in [3.05, 3.63) is 29.5 Å². The van der Waals surface area contributed by atoms with Gasteiger partial charge in [-0.2, -0.15) is 5.10 Å². The summed E-state index contributed by atoms with van der Waals surface area (Å²) in [5, 5.41) is 13.0. The summed E-state index contributed by atoms with van der Waals surface area (Å²) in [6, 6.07) is 5.17. The van der Waals surface area contributed by atoms with Crippen LogP contribution < -0.4 is 9.47 Å². The molecule has 1 heterocycles. The van der Waals surface area contributed by atoms with Crippen molar-refractivity contribution >= 4 is 5.97 Å². The minimum Gasteiger partial charge on any atom is -0.497 e. The molecule has 20 heavy (non-hydrogen) atoms. The molecule has 0 atom stereocenters. The second-order valence-corrected chi connectivity index (χ2v) is 4.37. The normalized spacial score (nSPS) is 10.4. The Bertz CT molecular complexity index is 661. The van der Waals surface area contributed by atoms with Gasteiger partial charge >= 0.3 is 5.97 Å². The monoisotopic (exact) mass is 276 g/mol. The van der Waals surface area contributed by atoms with Crippen LogP contribution in [0.5, 0.6) is 11.5 Å². The van der Waals surface area contributed by atoms with Gasteiger partial charge in [0.05, 0.1) is 19.9 Å². The van der Waals surface area contributed by atoms with Gasteiger partial charge < -0.3 is 14.6 Å². The topological polar surface area (TPSA) is 73.6 Å². The highest BCUT2D eigenvalue weighted by Crippen LogP contribution is 2.36.